The third-order valence-corrected chi connectivity index (χ3v) is 3.84. The SMILES string of the molecule is C=CCC1([N+]([O-])=Cc2ccccc2)CCCCC1. The lowest BCUT2D eigenvalue weighted by atomic mass is 9.79. The van der Waals surface area contributed by atoms with Crippen LogP contribution in [-0.4, -0.2) is 16.5 Å². The van der Waals surface area contributed by atoms with Crippen molar-refractivity contribution in [2.75, 3.05) is 0 Å². The van der Waals surface area contributed by atoms with Crippen molar-refractivity contribution >= 4 is 6.21 Å². The molecule has 0 saturated heterocycles. The van der Waals surface area contributed by atoms with Crippen molar-refractivity contribution in [3.63, 3.8) is 0 Å². The fraction of sp³-hybridized carbons (Fsp3) is 0.438. The fourth-order valence-corrected chi connectivity index (χ4v) is 2.80. The third-order valence-electron chi connectivity index (χ3n) is 3.84. The van der Waals surface area contributed by atoms with E-state index in [9.17, 15) is 5.21 Å². The lowest BCUT2D eigenvalue weighted by Crippen LogP contribution is -2.41. The van der Waals surface area contributed by atoms with Crippen LogP contribution in [0.25, 0.3) is 0 Å². The van der Waals surface area contributed by atoms with E-state index in [0.717, 1.165) is 37.7 Å². The van der Waals surface area contributed by atoms with Gasteiger partial charge in [0, 0.05) is 24.8 Å². The summed E-state index contributed by atoms with van der Waals surface area (Å²) < 4.78 is 1.18. The Morgan fingerprint density at radius 1 is 1.17 bits per heavy atom. The lowest BCUT2D eigenvalue weighted by molar-refractivity contribution is -0.550. The molecule has 0 aromatic heterocycles. The van der Waals surface area contributed by atoms with E-state index in [4.69, 9.17) is 0 Å². The molecule has 0 N–H and O–H groups in total. The Hall–Kier alpha value is -1.57. The average Bonchev–Trinajstić information content (AvgIpc) is 2.41. The maximum absolute atomic E-state index is 12.5. The first-order valence-electron chi connectivity index (χ1n) is 6.74. The minimum atomic E-state index is -0.254. The van der Waals surface area contributed by atoms with Gasteiger partial charge in [-0.05, 0) is 25.0 Å². The Bertz CT molecular complexity index is 416. The van der Waals surface area contributed by atoms with E-state index in [0.29, 0.717) is 0 Å². The van der Waals surface area contributed by atoms with Gasteiger partial charge in [0.25, 0.3) is 0 Å². The second-order valence-corrected chi connectivity index (χ2v) is 5.14. The zero-order chi connectivity index (χ0) is 12.8. The average molecular weight is 243 g/mol. The summed E-state index contributed by atoms with van der Waals surface area (Å²) in [6.45, 7) is 3.81. The van der Waals surface area contributed by atoms with Crippen LogP contribution in [0.15, 0.2) is 43.0 Å². The van der Waals surface area contributed by atoms with Gasteiger partial charge in [0.2, 0.25) is 0 Å². The maximum atomic E-state index is 12.5. The third kappa shape index (κ3) is 2.81. The summed E-state index contributed by atoms with van der Waals surface area (Å²) in [5.74, 6) is 0. The fourth-order valence-electron chi connectivity index (χ4n) is 2.80. The Balaban J connectivity index is 2.25. The topological polar surface area (TPSA) is 26.1 Å². The molecule has 0 unspecified atom stereocenters. The molecular formula is C16H21NO. The molecule has 1 aliphatic carbocycles. The van der Waals surface area contributed by atoms with Gasteiger partial charge in [0.15, 0.2) is 11.8 Å². The first-order chi connectivity index (χ1) is 8.77. The Kier molecular flexibility index (Phi) is 4.19. The highest BCUT2D eigenvalue weighted by Gasteiger charge is 2.38. The van der Waals surface area contributed by atoms with Gasteiger partial charge >= 0.3 is 0 Å². The highest BCUT2D eigenvalue weighted by molar-refractivity contribution is 5.75. The molecule has 0 amide bonds. The molecule has 18 heavy (non-hydrogen) atoms. The maximum Gasteiger partial charge on any atom is 0.182 e. The molecule has 1 saturated carbocycles. The molecule has 1 aromatic carbocycles. The number of rotatable bonds is 4. The summed E-state index contributed by atoms with van der Waals surface area (Å²) in [5, 5.41) is 12.5. The van der Waals surface area contributed by atoms with Crippen LogP contribution in [0.5, 0.6) is 0 Å². The van der Waals surface area contributed by atoms with Crippen LogP contribution in [0.3, 0.4) is 0 Å². The van der Waals surface area contributed by atoms with Gasteiger partial charge in [0.1, 0.15) is 0 Å². The molecule has 0 bridgehead atoms. The normalized spacial score (nSPS) is 19.4. The second-order valence-electron chi connectivity index (χ2n) is 5.14. The molecular weight excluding hydrogens is 222 g/mol. The first-order valence-corrected chi connectivity index (χ1v) is 6.74. The van der Waals surface area contributed by atoms with Crippen molar-refractivity contribution in [1.29, 1.82) is 0 Å². The Labute approximate surface area is 109 Å². The van der Waals surface area contributed by atoms with Gasteiger partial charge < -0.3 is 5.21 Å². The van der Waals surface area contributed by atoms with Crippen molar-refractivity contribution in [1.82, 2.24) is 0 Å². The van der Waals surface area contributed by atoms with E-state index in [-0.39, 0.29) is 5.54 Å². The summed E-state index contributed by atoms with van der Waals surface area (Å²) in [6, 6.07) is 9.82. The molecule has 0 aliphatic heterocycles. The quantitative estimate of drug-likeness (QED) is 0.259. The predicted molar refractivity (Wildman–Crippen MR) is 75.9 cm³/mol. The molecule has 2 nitrogen and oxygen atoms in total. The molecule has 1 aliphatic rings. The van der Waals surface area contributed by atoms with Crippen molar-refractivity contribution in [3.8, 4) is 0 Å². The zero-order valence-electron chi connectivity index (χ0n) is 10.8. The summed E-state index contributed by atoms with van der Waals surface area (Å²) in [6.07, 6.45) is 9.89. The largest absolute Gasteiger partial charge is 0.623 e. The van der Waals surface area contributed by atoms with E-state index < -0.39 is 0 Å². The number of hydrogen-bond donors (Lipinski definition) is 0. The van der Waals surface area contributed by atoms with Gasteiger partial charge in [-0.15, -0.1) is 6.58 Å². The lowest BCUT2D eigenvalue weighted by Gasteiger charge is -2.34. The zero-order valence-corrected chi connectivity index (χ0v) is 10.8. The molecule has 2 rings (SSSR count). The van der Waals surface area contributed by atoms with E-state index in [1.165, 1.54) is 11.2 Å². The van der Waals surface area contributed by atoms with E-state index in [2.05, 4.69) is 6.58 Å². The van der Waals surface area contributed by atoms with E-state index >= 15 is 0 Å². The molecule has 0 spiro atoms. The molecule has 96 valence electrons. The molecule has 1 aromatic rings. The first kappa shape index (κ1) is 12.9. The van der Waals surface area contributed by atoms with Gasteiger partial charge in [0.05, 0.1) is 0 Å². The van der Waals surface area contributed by atoms with Crippen LogP contribution >= 0.6 is 0 Å². The van der Waals surface area contributed by atoms with Crippen molar-refractivity contribution in [2.24, 2.45) is 0 Å². The van der Waals surface area contributed by atoms with Crippen LogP contribution < -0.4 is 0 Å². The van der Waals surface area contributed by atoms with Crippen LogP contribution in [0.4, 0.5) is 0 Å². The standard InChI is InChI=1S/C16H21NO/c1-2-11-16(12-7-4-8-13-16)17(18)14-15-9-5-3-6-10-15/h2-3,5-6,9-10,14H,1,4,7-8,11-13H2. The number of hydroxylamine groups is 1. The van der Waals surface area contributed by atoms with Crippen molar-refractivity contribution in [3.05, 3.63) is 53.8 Å². The molecule has 0 heterocycles. The van der Waals surface area contributed by atoms with Crippen molar-refractivity contribution in [2.45, 2.75) is 44.1 Å². The summed E-state index contributed by atoms with van der Waals surface area (Å²) in [5.41, 5.74) is 0.719. The monoisotopic (exact) mass is 243 g/mol. The summed E-state index contributed by atoms with van der Waals surface area (Å²) in [4.78, 5) is 0. The Morgan fingerprint density at radius 2 is 1.83 bits per heavy atom. The van der Waals surface area contributed by atoms with E-state index in [1.54, 1.807) is 6.21 Å². The summed E-state index contributed by atoms with van der Waals surface area (Å²) >= 11 is 0. The van der Waals surface area contributed by atoms with Gasteiger partial charge in [-0.2, -0.15) is 0 Å². The minimum absolute atomic E-state index is 0.254. The number of benzene rings is 1. The molecule has 2 heteroatoms. The molecule has 0 atom stereocenters. The highest BCUT2D eigenvalue weighted by atomic mass is 16.5. The van der Waals surface area contributed by atoms with Gasteiger partial charge in [-0.1, -0.05) is 30.7 Å². The Morgan fingerprint density at radius 3 is 2.44 bits per heavy atom. The van der Waals surface area contributed by atoms with Crippen molar-refractivity contribution < 1.29 is 4.74 Å². The number of nitrogens with zero attached hydrogens (tertiary/aromatic N) is 1. The smallest absolute Gasteiger partial charge is 0.182 e. The van der Waals surface area contributed by atoms with Gasteiger partial charge in [-0.25, -0.2) is 4.74 Å². The number of hydrogen-bond acceptors (Lipinski definition) is 1. The van der Waals surface area contributed by atoms with Gasteiger partial charge in [-0.3, -0.25) is 0 Å². The summed E-state index contributed by atoms with van der Waals surface area (Å²) in [7, 11) is 0. The van der Waals surface area contributed by atoms with Crippen LogP contribution in [-0.2, 0) is 0 Å². The van der Waals surface area contributed by atoms with Crippen LogP contribution in [0.1, 0.15) is 44.1 Å². The predicted octanol–water partition coefficient (Wildman–Crippen LogP) is 3.89. The highest BCUT2D eigenvalue weighted by Crippen LogP contribution is 2.34. The minimum Gasteiger partial charge on any atom is -0.623 e. The van der Waals surface area contributed by atoms with E-state index in [1.807, 2.05) is 36.4 Å². The molecule has 1 fully saturated rings. The second kappa shape index (κ2) is 5.85. The van der Waals surface area contributed by atoms with Crippen LogP contribution in [0, 0.1) is 5.21 Å². The molecule has 0 radical (unpaired) electrons. The van der Waals surface area contributed by atoms with Crippen LogP contribution in [0.2, 0.25) is 0 Å².